The van der Waals surface area contributed by atoms with Crippen molar-refractivity contribution in [1.82, 2.24) is 5.43 Å². The number of anilines is 1. The van der Waals surface area contributed by atoms with Gasteiger partial charge in [-0.15, -0.1) is 0 Å². The van der Waals surface area contributed by atoms with Crippen LogP contribution in [0, 0.1) is 13.8 Å². The SMILES string of the molecule is Cc1ccc(NC(=O)CC(=O)N/N=C/c2cc(Br)c(O)c(Br)c2)c(C)c1. The van der Waals surface area contributed by atoms with Gasteiger partial charge in [-0.3, -0.25) is 9.59 Å². The summed E-state index contributed by atoms with van der Waals surface area (Å²) in [6, 6.07) is 8.93. The second-order valence-electron chi connectivity index (χ2n) is 5.67. The third-order valence-electron chi connectivity index (χ3n) is 3.42. The van der Waals surface area contributed by atoms with Gasteiger partial charge in [-0.05, 0) is 75.0 Å². The van der Waals surface area contributed by atoms with Crippen molar-refractivity contribution in [2.75, 3.05) is 5.32 Å². The molecule has 0 unspecified atom stereocenters. The highest BCUT2D eigenvalue weighted by Gasteiger charge is 2.10. The van der Waals surface area contributed by atoms with Crippen molar-refractivity contribution in [2.45, 2.75) is 20.3 Å². The number of carbonyl (C=O) groups excluding carboxylic acids is 2. The molecule has 0 spiro atoms. The maximum atomic E-state index is 12.0. The van der Waals surface area contributed by atoms with Crippen molar-refractivity contribution in [1.29, 1.82) is 0 Å². The van der Waals surface area contributed by atoms with Crippen LogP contribution in [0.1, 0.15) is 23.1 Å². The number of aromatic hydroxyl groups is 1. The molecule has 0 fully saturated rings. The van der Waals surface area contributed by atoms with Crippen LogP contribution >= 0.6 is 31.9 Å². The first-order valence-electron chi connectivity index (χ1n) is 7.63. The van der Waals surface area contributed by atoms with Gasteiger partial charge >= 0.3 is 0 Å². The average Bonchev–Trinajstić information content (AvgIpc) is 2.55. The Kier molecular flexibility index (Phi) is 6.93. The Hall–Kier alpha value is -2.19. The first kappa shape index (κ1) is 20.1. The van der Waals surface area contributed by atoms with Crippen LogP contribution in [0.2, 0.25) is 0 Å². The summed E-state index contributed by atoms with van der Waals surface area (Å²) in [5, 5.41) is 16.2. The Labute approximate surface area is 167 Å². The minimum absolute atomic E-state index is 0.0780. The number of phenolic OH excluding ortho intramolecular Hbond substituents is 1. The number of amides is 2. The zero-order valence-electron chi connectivity index (χ0n) is 14.1. The van der Waals surface area contributed by atoms with Gasteiger partial charge in [0, 0.05) is 5.69 Å². The van der Waals surface area contributed by atoms with E-state index < -0.39 is 11.8 Å². The number of carbonyl (C=O) groups is 2. The van der Waals surface area contributed by atoms with Crippen molar-refractivity contribution in [3.63, 3.8) is 0 Å². The Morgan fingerprint density at radius 3 is 2.38 bits per heavy atom. The van der Waals surface area contributed by atoms with Crippen molar-refractivity contribution in [3.8, 4) is 5.75 Å². The van der Waals surface area contributed by atoms with E-state index in [1.165, 1.54) is 6.21 Å². The molecule has 0 atom stereocenters. The molecule has 0 bridgehead atoms. The fourth-order valence-corrected chi connectivity index (χ4v) is 3.39. The smallest absolute Gasteiger partial charge is 0.249 e. The molecular weight excluding hydrogens is 466 g/mol. The molecule has 3 N–H and O–H groups in total. The van der Waals surface area contributed by atoms with Crippen molar-refractivity contribution < 1.29 is 14.7 Å². The lowest BCUT2D eigenvalue weighted by molar-refractivity contribution is -0.126. The Bertz CT molecular complexity index is 859. The second kappa shape index (κ2) is 8.95. The molecule has 0 heterocycles. The molecule has 0 saturated heterocycles. The van der Waals surface area contributed by atoms with Crippen LogP contribution < -0.4 is 10.7 Å². The minimum atomic E-state index is -0.527. The molecule has 2 aromatic carbocycles. The Morgan fingerprint density at radius 1 is 1.12 bits per heavy atom. The lowest BCUT2D eigenvalue weighted by Crippen LogP contribution is -2.24. The molecule has 2 amide bonds. The number of nitrogens with zero attached hydrogens (tertiary/aromatic N) is 1. The van der Waals surface area contributed by atoms with Crippen molar-refractivity contribution >= 4 is 55.6 Å². The number of hydrogen-bond acceptors (Lipinski definition) is 4. The van der Waals surface area contributed by atoms with Crippen LogP contribution in [-0.2, 0) is 9.59 Å². The quantitative estimate of drug-likeness (QED) is 0.341. The Morgan fingerprint density at radius 2 is 1.77 bits per heavy atom. The molecular formula is C18H17Br2N3O3. The molecule has 6 nitrogen and oxygen atoms in total. The minimum Gasteiger partial charge on any atom is -0.506 e. The van der Waals surface area contributed by atoms with E-state index in [-0.39, 0.29) is 12.2 Å². The normalized spacial score (nSPS) is 10.8. The third-order valence-corrected chi connectivity index (χ3v) is 4.63. The molecule has 0 aromatic heterocycles. The zero-order chi connectivity index (χ0) is 19.3. The number of halogens is 2. The van der Waals surface area contributed by atoms with E-state index >= 15 is 0 Å². The number of rotatable bonds is 5. The molecule has 0 aliphatic heterocycles. The largest absolute Gasteiger partial charge is 0.506 e. The highest BCUT2D eigenvalue weighted by molar-refractivity contribution is 9.11. The number of benzene rings is 2. The predicted octanol–water partition coefficient (Wildman–Crippen LogP) is 4.01. The van der Waals surface area contributed by atoms with E-state index in [4.69, 9.17) is 0 Å². The van der Waals surface area contributed by atoms with E-state index in [1.54, 1.807) is 18.2 Å². The van der Waals surface area contributed by atoms with Gasteiger partial charge in [0.15, 0.2) is 0 Å². The number of aryl methyl sites for hydroxylation is 2. The van der Waals surface area contributed by atoms with Crippen LogP contribution in [0.3, 0.4) is 0 Å². The fourth-order valence-electron chi connectivity index (χ4n) is 2.17. The van der Waals surface area contributed by atoms with Gasteiger partial charge in [0.05, 0.1) is 15.2 Å². The lowest BCUT2D eigenvalue weighted by Gasteiger charge is -2.08. The van der Waals surface area contributed by atoms with Gasteiger partial charge in [0.1, 0.15) is 12.2 Å². The van der Waals surface area contributed by atoms with Crippen LogP contribution in [0.25, 0.3) is 0 Å². The summed E-state index contributed by atoms with van der Waals surface area (Å²) < 4.78 is 0.986. The molecule has 2 aromatic rings. The van der Waals surface area contributed by atoms with Gasteiger partial charge in [0.2, 0.25) is 11.8 Å². The fraction of sp³-hybridized carbons (Fsp3) is 0.167. The van der Waals surface area contributed by atoms with E-state index in [0.717, 1.165) is 11.1 Å². The number of phenols is 1. The summed E-state index contributed by atoms with van der Waals surface area (Å²) in [4.78, 5) is 23.8. The van der Waals surface area contributed by atoms with Gasteiger partial charge in [0.25, 0.3) is 0 Å². The topological polar surface area (TPSA) is 90.8 Å². The highest BCUT2D eigenvalue weighted by Crippen LogP contribution is 2.32. The highest BCUT2D eigenvalue weighted by atomic mass is 79.9. The van der Waals surface area contributed by atoms with Crippen LogP contribution in [0.5, 0.6) is 5.75 Å². The van der Waals surface area contributed by atoms with Gasteiger partial charge < -0.3 is 10.4 Å². The third kappa shape index (κ3) is 5.67. The summed E-state index contributed by atoms with van der Waals surface area (Å²) in [5.74, 6) is -0.866. The maximum Gasteiger partial charge on any atom is 0.249 e. The van der Waals surface area contributed by atoms with Crippen molar-refractivity contribution in [2.24, 2.45) is 5.10 Å². The lowest BCUT2D eigenvalue weighted by atomic mass is 10.1. The van der Waals surface area contributed by atoms with E-state index in [1.807, 2.05) is 26.0 Å². The predicted molar refractivity (Wildman–Crippen MR) is 108 cm³/mol. The molecule has 0 aliphatic carbocycles. The molecule has 8 heteroatoms. The maximum absolute atomic E-state index is 12.0. The molecule has 0 saturated carbocycles. The summed E-state index contributed by atoms with van der Waals surface area (Å²) in [6.45, 7) is 3.86. The van der Waals surface area contributed by atoms with E-state index in [9.17, 15) is 14.7 Å². The zero-order valence-corrected chi connectivity index (χ0v) is 17.3. The number of hydrogen-bond donors (Lipinski definition) is 3. The van der Waals surface area contributed by atoms with Crippen LogP contribution in [-0.4, -0.2) is 23.1 Å². The standard InChI is InChI=1S/C18H17Br2N3O3/c1-10-3-4-15(11(2)5-10)22-16(24)8-17(25)23-21-9-12-6-13(19)18(26)14(20)7-12/h3-7,9,26H,8H2,1-2H3,(H,22,24)(H,23,25)/b21-9+. The number of hydrazone groups is 1. The van der Waals surface area contributed by atoms with E-state index in [2.05, 4.69) is 47.7 Å². The van der Waals surface area contributed by atoms with Crippen LogP contribution in [0.15, 0.2) is 44.4 Å². The first-order chi connectivity index (χ1) is 12.3. The molecule has 136 valence electrons. The average molecular weight is 483 g/mol. The van der Waals surface area contributed by atoms with Crippen LogP contribution in [0.4, 0.5) is 5.69 Å². The van der Waals surface area contributed by atoms with Crippen molar-refractivity contribution in [3.05, 3.63) is 56.0 Å². The first-order valence-corrected chi connectivity index (χ1v) is 9.22. The summed E-state index contributed by atoms with van der Waals surface area (Å²) in [6.07, 6.45) is 1.07. The molecule has 0 aliphatic rings. The Balaban J connectivity index is 1.89. The summed E-state index contributed by atoms with van der Waals surface area (Å²) in [7, 11) is 0. The molecule has 26 heavy (non-hydrogen) atoms. The monoisotopic (exact) mass is 481 g/mol. The van der Waals surface area contributed by atoms with Gasteiger partial charge in [-0.25, -0.2) is 5.43 Å². The molecule has 0 radical (unpaired) electrons. The van der Waals surface area contributed by atoms with Gasteiger partial charge in [-0.2, -0.15) is 5.10 Å². The molecule has 2 rings (SSSR count). The number of nitrogens with one attached hydrogen (secondary N) is 2. The van der Waals surface area contributed by atoms with Gasteiger partial charge in [-0.1, -0.05) is 17.7 Å². The van der Waals surface area contributed by atoms with E-state index in [0.29, 0.717) is 20.2 Å². The second-order valence-corrected chi connectivity index (χ2v) is 7.38. The summed E-state index contributed by atoms with van der Waals surface area (Å²) >= 11 is 6.42. The summed E-state index contributed by atoms with van der Waals surface area (Å²) in [5.41, 5.74) is 5.66.